The van der Waals surface area contributed by atoms with Gasteiger partial charge in [0, 0.05) is 16.9 Å². The van der Waals surface area contributed by atoms with Crippen LogP contribution < -0.4 is 25.4 Å². The van der Waals surface area contributed by atoms with Gasteiger partial charge in [0.15, 0.2) is 16.6 Å². The van der Waals surface area contributed by atoms with Crippen LogP contribution in [0.1, 0.15) is 20.7 Å². The number of carbonyl (C=O) groups is 2. The van der Waals surface area contributed by atoms with Crippen molar-refractivity contribution in [3.8, 4) is 11.5 Å². The van der Waals surface area contributed by atoms with E-state index in [1.807, 2.05) is 0 Å². The third-order valence-electron chi connectivity index (χ3n) is 4.36. The van der Waals surface area contributed by atoms with Gasteiger partial charge in [0.1, 0.15) is 0 Å². The number of ether oxygens (including phenoxy) is 2. The lowest BCUT2D eigenvalue weighted by Gasteiger charge is -2.12. The topological polar surface area (TPSA) is 88.7 Å². The Bertz CT molecular complexity index is 1180. The highest BCUT2D eigenvalue weighted by atomic mass is 35.5. The largest absolute Gasteiger partial charge is 0.454 e. The third-order valence-corrected chi connectivity index (χ3v) is 4.89. The normalized spacial score (nSPS) is 11.5. The van der Waals surface area contributed by atoms with Gasteiger partial charge in [-0.25, -0.2) is 0 Å². The van der Waals surface area contributed by atoms with Crippen LogP contribution in [0.25, 0.3) is 0 Å². The van der Waals surface area contributed by atoms with E-state index in [9.17, 15) is 9.59 Å². The first-order chi connectivity index (χ1) is 15.0. The Hall–Kier alpha value is -3.62. The molecule has 156 valence electrons. The van der Waals surface area contributed by atoms with Crippen molar-refractivity contribution >= 4 is 52.1 Å². The van der Waals surface area contributed by atoms with Gasteiger partial charge in [-0.1, -0.05) is 29.8 Å². The Morgan fingerprint density at radius 1 is 0.839 bits per heavy atom. The van der Waals surface area contributed by atoms with E-state index < -0.39 is 0 Å². The second-order valence-corrected chi connectivity index (χ2v) is 7.31. The van der Waals surface area contributed by atoms with E-state index in [-0.39, 0.29) is 23.7 Å². The standard InChI is InChI=1S/C22H16ClN3O4S/c23-17-7-2-1-6-16(17)21(28)24-14-4-3-5-15(11-14)25-22(31)26-20(27)13-8-9-18-19(10-13)30-12-29-18/h1-11H,12H2,(H,24,28)(H2,25,26,27,31). The number of thiocarbonyl (C=S) groups is 1. The molecule has 4 rings (SSSR count). The van der Waals surface area contributed by atoms with Crippen LogP contribution >= 0.6 is 23.8 Å². The molecule has 0 spiro atoms. The van der Waals surface area contributed by atoms with Gasteiger partial charge in [-0.05, 0) is 60.7 Å². The number of fused-ring (bicyclic) bond motifs is 1. The Balaban J connectivity index is 1.38. The molecule has 0 fully saturated rings. The molecule has 0 aliphatic carbocycles. The van der Waals surface area contributed by atoms with E-state index in [4.69, 9.17) is 33.3 Å². The van der Waals surface area contributed by atoms with Crippen molar-refractivity contribution in [1.29, 1.82) is 0 Å². The fourth-order valence-electron chi connectivity index (χ4n) is 2.89. The van der Waals surface area contributed by atoms with Gasteiger partial charge >= 0.3 is 0 Å². The molecule has 1 aliphatic heterocycles. The SMILES string of the molecule is O=C(NC(=S)Nc1cccc(NC(=O)c2ccccc2Cl)c1)c1ccc2c(c1)OCO2. The summed E-state index contributed by atoms with van der Waals surface area (Å²) in [6.45, 7) is 0.129. The molecule has 1 aliphatic rings. The molecule has 0 bridgehead atoms. The number of rotatable bonds is 4. The van der Waals surface area contributed by atoms with Gasteiger partial charge < -0.3 is 20.1 Å². The predicted molar refractivity (Wildman–Crippen MR) is 122 cm³/mol. The summed E-state index contributed by atoms with van der Waals surface area (Å²) in [5.41, 5.74) is 1.89. The zero-order chi connectivity index (χ0) is 21.8. The molecule has 31 heavy (non-hydrogen) atoms. The predicted octanol–water partition coefficient (Wildman–Crippen LogP) is 4.45. The van der Waals surface area contributed by atoms with Crippen LogP contribution in [0.2, 0.25) is 5.02 Å². The number of benzene rings is 3. The van der Waals surface area contributed by atoms with Crippen molar-refractivity contribution in [2.45, 2.75) is 0 Å². The molecule has 0 saturated carbocycles. The van der Waals surface area contributed by atoms with Gasteiger partial charge in [-0.15, -0.1) is 0 Å². The minimum atomic E-state index is -0.390. The van der Waals surface area contributed by atoms with Gasteiger partial charge in [0.25, 0.3) is 11.8 Å². The molecule has 7 nitrogen and oxygen atoms in total. The maximum absolute atomic E-state index is 12.4. The number of nitrogens with one attached hydrogen (secondary N) is 3. The van der Waals surface area contributed by atoms with Crippen LogP contribution in [0.5, 0.6) is 11.5 Å². The first-order valence-electron chi connectivity index (χ1n) is 9.17. The average Bonchev–Trinajstić information content (AvgIpc) is 3.22. The highest BCUT2D eigenvalue weighted by Crippen LogP contribution is 2.32. The van der Waals surface area contributed by atoms with Crippen LogP contribution in [0.4, 0.5) is 11.4 Å². The molecule has 0 aromatic heterocycles. The molecule has 3 aromatic rings. The number of amides is 2. The van der Waals surface area contributed by atoms with Crippen LogP contribution in [0.15, 0.2) is 66.7 Å². The lowest BCUT2D eigenvalue weighted by molar-refractivity contribution is 0.0976. The lowest BCUT2D eigenvalue weighted by atomic mass is 10.2. The molecule has 9 heteroatoms. The molecule has 3 aromatic carbocycles. The fraction of sp³-hybridized carbons (Fsp3) is 0.0455. The monoisotopic (exact) mass is 453 g/mol. The summed E-state index contributed by atoms with van der Waals surface area (Å²) in [6.07, 6.45) is 0. The minimum Gasteiger partial charge on any atom is -0.454 e. The van der Waals surface area contributed by atoms with Crippen LogP contribution in [0.3, 0.4) is 0 Å². The fourth-order valence-corrected chi connectivity index (χ4v) is 3.33. The second kappa shape index (κ2) is 9.03. The van der Waals surface area contributed by atoms with Crippen molar-refractivity contribution in [3.63, 3.8) is 0 Å². The second-order valence-electron chi connectivity index (χ2n) is 6.49. The van der Waals surface area contributed by atoms with Gasteiger partial charge in [-0.2, -0.15) is 0 Å². The number of hydrogen-bond donors (Lipinski definition) is 3. The van der Waals surface area contributed by atoms with Crippen molar-refractivity contribution in [2.24, 2.45) is 0 Å². The number of halogens is 1. The maximum atomic E-state index is 12.4. The van der Waals surface area contributed by atoms with Crippen molar-refractivity contribution < 1.29 is 19.1 Å². The van der Waals surface area contributed by atoms with Crippen molar-refractivity contribution in [3.05, 3.63) is 82.9 Å². The summed E-state index contributed by atoms with van der Waals surface area (Å²) < 4.78 is 10.5. The van der Waals surface area contributed by atoms with Crippen molar-refractivity contribution in [1.82, 2.24) is 5.32 Å². The molecule has 2 amide bonds. The van der Waals surface area contributed by atoms with E-state index in [1.165, 1.54) is 0 Å². The number of hydrogen-bond acceptors (Lipinski definition) is 5. The Morgan fingerprint density at radius 2 is 1.58 bits per heavy atom. The zero-order valence-electron chi connectivity index (χ0n) is 16.0. The summed E-state index contributed by atoms with van der Waals surface area (Å²) in [4.78, 5) is 24.9. The van der Waals surface area contributed by atoms with E-state index in [2.05, 4.69) is 16.0 Å². The molecular weight excluding hydrogens is 438 g/mol. The van der Waals surface area contributed by atoms with Gasteiger partial charge in [-0.3, -0.25) is 14.9 Å². The summed E-state index contributed by atoms with van der Waals surface area (Å²) in [6, 6.07) is 18.6. The summed E-state index contributed by atoms with van der Waals surface area (Å²) in [5.74, 6) is 0.377. The maximum Gasteiger partial charge on any atom is 0.257 e. The first-order valence-corrected chi connectivity index (χ1v) is 9.96. The van der Waals surface area contributed by atoms with Crippen LogP contribution in [-0.2, 0) is 0 Å². The van der Waals surface area contributed by atoms with E-state index >= 15 is 0 Å². The van der Waals surface area contributed by atoms with Crippen molar-refractivity contribution in [2.75, 3.05) is 17.4 Å². The number of anilines is 2. The Morgan fingerprint density at radius 3 is 2.39 bits per heavy atom. The lowest BCUT2D eigenvalue weighted by Crippen LogP contribution is -2.34. The smallest absolute Gasteiger partial charge is 0.257 e. The van der Waals surface area contributed by atoms with Crippen LogP contribution in [0, 0.1) is 0 Å². The average molecular weight is 454 g/mol. The summed E-state index contributed by atoms with van der Waals surface area (Å²) in [7, 11) is 0. The first kappa shape index (κ1) is 20.6. The molecular formula is C22H16ClN3O4S. The quantitative estimate of drug-likeness (QED) is 0.506. The third kappa shape index (κ3) is 4.93. The molecule has 0 saturated heterocycles. The highest BCUT2D eigenvalue weighted by Gasteiger charge is 2.17. The molecule has 1 heterocycles. The summed E-state index contributed by atoms with van der Waals surface area (Å²) >= 11 is 11.3. The Labute approximate surface area is 188 Å². The number of carbonyl (C=O) groups excluding carboxylic acids is 2. The van der Waals surface area contributed by atoms with E-state index in [1.54, 1.807) is 66.7 Å². The minimum absolute atomic E-state index is 0.109. The van der Waals surface area contributed by atoms with E-state index in [0.29, 0.717) is 39.0 Å². The zero-order valence-corrected chi connectivity index (χ0v) is 17.5. The molecule has 0 unspecified atom stereocenters. The summed E-state index contributed by atoms with van der Waals surface area (Å²) in [5, 5.41) is 8.79. The molecule has 0 atom stereocenters. The highest BCUT2D eigenvalue weighted by molar-refractivity contribution is 7.80. The van der Waals surface area contributed by atoms with Gasteiger partial charge in [0.2, 0.25) is 6.79 Å². The Kier molecular flexibility index (Phi) is 6.01. The molecule has 3 N–H and O–H groups in total. The van der Waals surface area contributed by atoms with Gasteiger partial charge in [0.05, 0.1) is 10.6 Å². The van der Waals surface area contributed by atoms with E-state index in [0.717, 1.165) is 0 Å². The van der Waals surface area contributed by atoms with Crippen LogP contribution in [-0.4, -0.2) is 23.7 Å². The molecule has 0 radical (unpaired) electrons.